The third-order valence-corrected chi connectivity index (χ3v) is 4.74. The molecule has 6 heteroatoms. The molecule has 1 rings (SSSR count). The summed E-state index contributed by atoms with van der Waals surface area (Å²) in [4.78, 5) is 10.6. The summed E-state index contributed by atoms with van der Waals surface area (Å²) in [5, 5.41) is 8.71. The summed E-state index contributed by atoms with van der Waals surface area (Å²) >= 11 is 0. The molecule has 1 N–H and O–H groups in total. The number of hydrogen-bond acceptors (Lipinski definition) is 4. The second-order valence-electron chi connectivity index (χ2n) is 4.77. The normalized spacial score (nSPS) is 17.9. The minimum Gasteiger partial charge on any atom is -0.481 e. The Kier molecular flexibility index (Phi) is 4.94. The lowest BCUT2D eigenvalue weighted by Gasteiger charge is -2.12. The van der Waals surface area contributed by atoms with Gasteiger partial charge in [-0.05, 0) is 24.7 Å². The van der Waals surface area contributed by atoms with E-state index in [2.05, 4.69) is 0 Å². The minimum atomic E-state index is -3.19. The molecule has 5 nitrogen and oxygen atoms in total. The minimum absolute atomic E-state index is 0.00559. The van der Waals surface area contributed by atoms with Crippen LogP contribution in [0.25, 0.3) is 0 Å². The third kappa shape index (κ3) is 5.50. The first kappa shape index (κ1) is 14.4. The summed E-state index contributed by atoms with van der Waals surface area (Å²) in [6.45, 7) is 2.73. The van der Waals surface area contributed by atoms with Gasteiger partial charge in [-0.15, -0.1) is 0 Å². The highest BCUT2D eigenvalue weighted by atomic mass is 32.2. The van der Waals surface area contributed by atoms with Gasteiger partial charge in [0.15, 0.2) is 9.84 Å². The Morgan fingerprint density at radius 3 is 2.47 bits per heavy atom. The van der Waals surface area contributed by atoms with Crippen molar-refractivity contribution < 1.29 is 23.1 Å². The Balaban J connectivity index is 2.36. The monoisotopic (exact) mass is 264 g/mol. The van der Waals surface area contributed by atoms with Gasteiger partial charge in [0, 0.05) is 6.61 Å². The fourth-order valence-electron chi connectivity index (χ4n) is 1.84. The van der Waals surface area contributed by atoms with Crippen molar-refractivity contribution in [1.29, 1.82) is 0 Å². The first-order valence-electron chi connectivity index (χ1n) is 5.89. The predicted molar refractivity (Wildman–Crippen MR) is 63.7 cm³/mol. The number of carboxylic acids is 1. The molecule has 0 radical (unpaired) electrons. The Hall–Kier alpha value is -0.620. The zero-order valence-electron chi connectivity index (χ0n) is 10.1. The van der Waals surface area contributed by atoms with E-state index in [0.29, 0.717) is 19.4 Å². The van der Waals surface area contributed by atoms with E-state index in [1.165, 1.54) is 0 Å². The molecule has 0 atom stereocenters. The van der Waals surface area contributed by atoms with Gasteiger partial charge in [-0.1, -0.05) is 6.92 Å². The average Bonchev–Trinajstić information content (AvgIpc) is 2.90. The molecule has 0 bridgehead atoms. The molecule has 100 valence electrons. The summed E-state index contributed by atoms with van der Waals surface area (Å²) in [7, 11) is -3.19. The van der Waals surface area contributed by atoms with E-state index in [-0.39, 0.29) is 24.5 Å². The number of aliphatic carboxylic acids is 1. The standard InChI is InChI=1S/C11H20O5S/c1-2-5-16-6-7-17(14,15)9-11(3-4-11)8-10(12)13/h2-9H2,1H3,(H,12,13). The van der Waals surface area contributed by atoms with E-state index in [1.807, 2.05) is 6.92 Å². The number of carboxylic acid groups (broad SMARTS) is 1. The molecular formula is C11H20O5S. The molecule has 0 heterocycles. The van der Waals surface area contributed by atoms with Crippen LogP contribution in [-0.2, 0) is 19.4 Å². The number of ether oxygens (including phenoxy) is 1. The first-order chi connectivity index (χ1) is 7.89. The summed E-state index contributed by atoms with van der Waals surface area (Å²) in [5.41, 5.74) is -0.491. The second-order valence-corrected chi connectivity index (χ2v) is 6.96. The largest absolute Gasteiger partial charge is 0.481 e. The highest BCUT2D eigenvalue weighted by Gasteiger charge is 2.47. The van der Waals surface area contributed by atoms with Gasteiger partial charge in [0.05, 0.1) is 24.5 Å². The van der Waals surface area contributed by atoms with E-state index in [4.69, 9.17) is 9.84 Å². The smallest absolute Gasteiger partial charge is 0.303 e. The molecule has 0 aromatic rings. The molecule has 0 unspecified atom stereocenters. The van der Waals surface area contributed by atoms with Crippen molar-refractivity contribution in [3.05, 3.63) is 0 Å². The molecule has 0 spiro atoms. The van der Waals surface area contributed by atoms with Crippen molar-refractivity contribution in [2.75, 3.05) is 24.7 Å². The quantitative estimate of drug-likeness (QED) is 0.630. The SMILES string of the molecule is CCCOCCS(=O)(=O)CC1(CC(=O)O)CC1. The number of rotatable bonds is 9. The molecule has 0 saturated heterocycles. The number of sulfone groups is 1. The molecule has 0 amide bonds. The van der Waals surface area contributed by atoms with Crippen molar-refractivity contribution in [1.82, 2.24) is 0 Å². The zero-order valence-corrected chi connectivity index (χ0v) is 11.0. The molecule has 0 aromatic carbocycles. The lowest BCUT2D eigenvalue weighted by Crippen LogP contribution is -2.24. The fourth-order valence-corrected chi connectivity index (χ4v) is 3.68. The van der Waals surface area contributed by atoms with Crippen molar-refractivity contribution >= 4 is 15.8 Å². The maximum atomic E-state index is 11.8. The van der Waals surface area contributed by atoms with Crippen LogP contribution in [0.5, 0.6) is 0 Å². The molecule has 17 heavy (non-hydrogen) atoms. The first-order valence-corrected chi connectivity index (χ1v) is 7.71. The maximum absolute atomic E-state index is 11.8. The molecule has 1 saturated carbocycles. The summed E-state index contributed by atoms with van der Waals surface area (Å²) < 4.78 is 28.7. The van der Waals surface area contributed by atoms with Crippen LogP contribution in [-0.4, -0.2) is 44.2 Å². The Morgan fingerprint density at radius 2 is 2.00 bits per heavy atom. The number of hydrogen-bond donors (Lipinski definition) is 1. The third-order valence-electron chi connectivity index (χ3n) is 2.90. The van der Waals surface area contributed by atoms with Crippen LogP contribution in [0.2, 0.25) is 0 Å². The van der Waals surface area contributed by atoms with Crippen molar-refractivity contribution in [3.63, 3.8) is 0 Å². The van der Waals surface area contributed by atoms with Gasteiger partial charge in [-0.25, -0.2) is 8.42 Å². The van der Waals surface area contributed by atoms with Crippen molar-refractivity contribution in [2.24, 2.45) is 5.41 Å². The summed E-state index contributed by atoms with van der Waals surface area (Å²) in [6.07, 6.45) is 2.23. The Morgan fingerprint density at radius 1 is 1.35 bits per heavy atom. The van der Waals surface area contributed by atoms with Gasteiger partial charge in [0.1, 0.15) is 0 Å². The van der Waals surface area contributed by atoms with E-state index in [0.717, 1.165) is 6.42 Å². The van der Waals surface area contributed by atoms with Gasteiger partial charge in [-0.2, -0.15) is 0 Å². The van der Waals surface area contributed by atoms with Crippen LogP contribution in [0.4, 0.5) is 0 Å². The van der Waals surface area contributed by atoms with E-state index < -0.39 is 21.2 Å². The fraction of sp³-hybridized carbons (Fsp3) is 0.909. The summed E-state index contributed by atoms with van der Waals surface area (Å²) in [5.74, 6) is -0.934. The van der Waals surface area contributed by atoms with Gasteiger partial charge >= 0.3 is 5.97 Å². The Bertz CT molecular complexity index is 356. The van der Waals surface area contributed by atoms with E-state index in [9.17, 15) is 13.2 Å². The van der Waals surface area contributed by atoms with Crippen LogP contribution in [0, 0.1) is 5.41 Å². The molecule has 1 aliphatic rings. The maximum Gasteiger partial charge on any atom is 0.303 e. The lowest BCUT2D eigenvalue weighted by atomic mass is 10.1. The number of carbonyl (C=O) groups is 1. The molecule has 1 fully saturated rings. The zero-order chi connectivity index (χ0) is 12.9. The van der Waals surface area contributed by atoms with Gasteiger partial charge < -0.3 is 9.84 Å². The van der Waals surface area contributed by atoms with Gasteiger partial charge in [0.25, 0.3) is 0 Å². The lowest BCUT2D eigenvalue weighted by molar-refractivity contribution is -0.138. The van der Waals surface area contributed by atoms with Crippen LogP contribution >= 0.6 is 0 Å². The van der Waals surface area contributed by atoms with Crippen LogP contribution < -0.4 is 0 Å². The van der Waals surface area contributed by atoms with E-state index in [1.54, 1.807) is 0 Å². The highest BCUT2D eigenvalue weighted by molar-refractivity contribution is 7.91. The molecular weight excluding hydrogens is 244 g/mol. The predicted octanol–water partition coefficient (Wildman–Crippen LogP) is 1.08. The second kappa shape index (κ2) is 5.82. The Labute approximate surface area is 102 Å². The highest BCUT2D eigenvalue weighted by Crippen LogP contribution is 2.49. The van der Waals surface area contributed by atoms with E-state index >= 15 is 0 Å². The topological polar surface area (TPSA) is 80.7 Å². The summed E-state index contributed by atoms with van der Waals surface area (Å²) in [6, 6.07) is 0. The molecule has 1 aliphatic carbocycles. The van der Waals surface area contributed by atoms with Crippen LogP contribution in [0.1, 0.15) is 32.6 Å². The van der Waals surface area contributed by atoms with Crippen LogP contribution in [0.3, 0.4) is 0 Å². The molecule has 0 aromatic heterocycles. The molecule has 0 aliphatic heterocycles. The van der Waals surface area contributed by atoms with Crippen LogP contribution in [0.15, 0.2) is 0 Å². The van der Waals surface area contributed by atoms with Crippen molar-refractivity contribution in [3.8, 4) is 0 Å². The average molecular weight is 264 g/mol. The van der Waals surface area contributed by atoms with Crippen molar-refractivity contribution in [2.45, 2.75) is 32.6 Å². The van der Waals surface area contributed by atoms with Gasteiger partial charge in [0.2, 0.25) is 0 Å². The van der Waals surface area contributed by atoms with Gasteiger partial charge in [-0.3, -0.25) is 4.79 Å².